The van der Waals surface area contributed by atoms with Crippen molar-refractivity contribution in [3.8, 4) is 11.6 Å². The molecule has 1 aliphatic heterocycles. The molecule has 7 heteroatoms. The summed E-state index contributed by atoms with van der Waals surface area (Å²) >= 11 is 0. The van der Waals surface area contributed by atoms with Gasteiger partial charge in [-0.05, 0) is 68.0 Å². The number of aromatic nitrogens is 3. The van der Waals surface area contributed by atoms with Gasteiger partial charge in [-0.1, -0.05) is 6.07 Å². The predicted molar refractivity (Wildman–Crippen MR) is 115 cm³/mol. The van der Waals surface area contributed by atoms with Crippen LogP contribution < -0.4 is 10.1 Å². The van der Waals surface area contributed by atoms with Crippen LogP contribution in [-0.4, -0.2) is 39.0 Å². The minimum absolute atomic E-state index is 0.0603. The number of carbonyl (C=O) groups excluding carboxylic acids is 1. The number of rotatable bonds is 5. The number of carbonyl (C=O) groups is 1. The van der Waals surface area contributed by atoms with Crippen molar-refractivity contribution in [1.82, 2.24) is 19.9 Å². The third kappa shape index (κ3) is 5.31. The van der Waals surface area contributed by atoms with Crippen molar-refractivity contribution in [2.45, 2.75) is 26.2 Å². The van der Waals surface area contributed by atoms with Crippen LogP contribution in [0.3, 0.4) is 0 Å². The lowest BCUT2D eigenvalue weighted by atomic mass is 9.91. The summed E-state index contributed by atoms with van der Waals surface area (Å²) in [4.78, 5) is 26.8. The van der Waals surface area contributed by atoms with Gasteiger partial charge in [-0.15, -0.1) is 0 Å². The molecular formula is C23H25N5O2. The second kappa shape index (κ2) is 9.35. The SMILES string of the molecule is Cc1cc(Oc2ccc(NC(=O)N3CCC(Cc4cccnc4)CC3)cc2)ncn1. The molecule has 1 aliphatic rings. The Labute approximate surface area is 176 Å². The van der Waals surface area contributed by atoms with Crippen LogP contribution in [0.2, 0.25) is 0 Å². The molecule has 30 heavy (non-hydrogen) atoms. The predicted octanol–water partition coefficient (Wildman–Crippen LogP) is 4.46. The second-order valence-electron chi connectivity index (χ2n) is 7.55. The first kappa shape index (κ1) is 19.8. The van der Waals surface area contributed by atoms with Gasteiger partial charge >= 0.3 is 6.03 Å². The van der Waals surface area contributed by atoms with Crippen LogP contribution in [0, 0.1) is 12.8 Å². The lowest BCUT2D eigenvalue weighted by Gasteiger charge is -2.32. The maximum atomic E-state index is 12.6. The molecule has 0 bridgehead atoms. The van der Waals surface area contributed by atoms with Gasteiger partial charge < -0.3 is 15.0 Å². The van der Waals surface area contributed by atoms with Crippen molar-refractivity contribution in [1.29, 1.82) is 0 Å². The zero-order valence-corrected chi connectivity index (χ0v) is 17.0. The molecule has 0 unspecified atom stereocenters. The highest BCUT2D eigenvalue weighted by Crippen LogP contribution is 2.24. The molecule has 0 aliphatic carbocycles. The summed E-state index contributed by atoms with van der Waals surface area (Å²) in [7, 11) is 0. The number of nitrogens with one attached hydrogen (secondary N) is 1. The third-order valence-corrected chi connectivity index (χ3v) is 5.26. The molecule has 2 aromatic heterocycles. The fourth-order valence-electron chi connectivity index (χ4n) is 3.61. The quantitative estimate of drug-likeness (QED) is 0.680. The van der Waals surface area contributed by atoms with Crippen LogP contribution in [-0.2, 0) is 6.42 Å². The van der Waals surface area contributed by atoms with E-state index in [-0.39, 0.29) is 6.03 Å². The Morgan fingerprint density at radius 1 is 1.17 bits per heavy atom. The van der Waals surface area contributed by atoms with E-state index in [1.54, 1.807) is 12.3 Å². The molecule has 0 atom stereocenters. The van der Waals surface area contributed by atoms with Crippen LogP contribution in [0.25, 0.3) is 0 Å². The van der Waals surface area contributed by atoms with E-state index < -0.39 is 0 Å². The van der Waals surface area contributed by atoms with E-state index in [2.05, 4.69) is 26.3 Å². The molecule has 0 radical (unpaired) electrons. The highest BCUT2D eigenvalue weighted by molar-refractivity contribution is 5.89. The molecule has 7 nitrogen and oxygen atoms in total. The van der Waals surface area contributed by atoms with E-state index in [0.717, 1.165) is 43.7 Å². The molecule has 3 aromatic rings. The minimum Gasteiger partial charge on any atom is -0.439 e. The molecule has 4 rings (SSSR count). The van der Waals surface area contributed by atoms with E-state index in [0.29, 0.717) is 17.5 Å². The Balaban J connectivity index is 1.26. The first-order chi connectivity index (χ1) is 14.7. The van der Waals surface area contributed by atoms with E-state index in [9.17, 15) is 4.79 Å². The maximum absolute atomic E-state index is 12.6. The number of ether oxygens (including phenoxy) is 1. The number of piperidine rings is 1. The number of hydrogen-bond acceptors (Lipinski definition) is 5. The van der Waals surface area contributed by atoms with Crippen molar-refractivity contribution in [3.05, 3.63) is 72.4 Å². The highest BCUT2D eigenvalue weighted by atomic mass is 16.5. The van der Waals surface area contributed by atoms with E-state index in [4.69, 9.17) is 4.74 Å². The Morgan fingerprint density at radius 2 is 1.97 bits per heavy atom. The Bertz CT molecular complexity index is 970. The number of urea groups is 1. The normalized spacial score (nSPS) is 14.4. The molecule has 0 saturated carbocycles. The molecule has 1 saturated heterocycles. The fraction of sp³-hybridized carbons (Fsp3) is 0.304. The summed E-state index contributed by atoms with van der Waals surface area (Å²) in [5.41, 5.74) is 2.84. The molecule has 154 valence electrons. The number of likely N-dealkylation sites (tertiary alicyclic amines) is 1. The second-order valence-corrected chi connectivity index (χ2v) is 7.55. The van der Waals surface area contributed by atoms with Gasteiger partial charge in [0.15, 0.2) is 0 Å². The van der Waals surface area contributed by atoms with Gasteiger partial charge in [0, 0.05) is 42.9 Å². The van der Waals surface area contributed by atoms with Crippen molar-refractivity contribution < 1.29 is 9.53 Å². The molecule has 0 spiro atoms. The first-order valence-corrected chi connectivity index (χ1v) is 10.2. The van der Waals surface area contributed by atoms with Gasteiger partial charge in [0.25, 0.3) is 0 Å². The van der Waals surface area contributed by atoms with Crippen LogP contribution in [0.1, 0.15) is 24.1 Å². The monoisotopic (exact) mass is 403 g/mol. The molecule has 1 N–H and O–H groups in total. The molecule has 2 amide bonds. The van der Waals surface area contributed by atoms with Gasteiger partial charge in [0.05, 0.1) is 0 Å². The molecule has 3 heterocycles. The number of anilines is 1. The topological polar surface area (TPSA) is 80.2 Å². The highest BCUT2D eigenvalue weighted by Gasteiger charge is 2.23. The smallest absolute Gasteiger partial charge is 0.321 e. The van der Waals surface area contributed by atoms with Gasteiger partial charge in [-0.25, -0.2) is 14.8 Å². The van der Waals surface area contributed by atoms with Crippen molar-refractivity contribution in [3.63, 3.8) is 0 Å². The summed E-state index contributed by atoms with van der Waals surface area (Å²) in [6, 6.07) is 13.1. The summed E-state index contributed by atoms with van der Waals surface area (Å²) in [5.74, 6) is 1.75. The van der Waals surface area contributed by atoms with E-state index in [1.807, 2.05) is 48.4 Å². The largest absolute Gasteiger partial charge is 0.439 e. The maximum Gasteiger partial charge on any atom is 0.321 e. The van der Waals surface area contributed by atoms with E-state index in [1.165, 1.54) is 11.9 Å². The van der Waals surface area contributed by atoms with Gasteiger partial charge in [-0.3, -0.25) is 4.98 Å². The van der Waals surface area contributed by atoms with Gasteiger partial charge in [0.2, 0.25) is 5.88 Å². The van der Waals surface area contributed by atoms with Crippen LogP contribution in [0.5, 0.6) is 11.6 Å². The average Bonchev–Trinajstić information content (AvgIpc) is 2.76. The van der Waals surface area contributed by atoms with Gasteiger partial charge in [-0.2, -0.15) is 0 Å². The summed E-state index contributed by atoms with van der Waals surface area (Å²) in [5, 5.41) is 2.97. The van der Waals surface area contributed by atoms with Crippen molar-refractivity contribution >= 4 is 11.7 Å². The lowest BCUT2D eigenvalue weighted by Crippen LogP contribution is -2.41. The fourth-order valence-corrected chi connectivity index (χ4v) is 3.61. The van der Waals surface area contributed by atoms with E-state index >= 15 is 0 Å². The van der Waals surface area contributed by atoms with Crippen molar-refractivity contribution in [2.24, 2.45) is 5.92 Å². The zero-order chi connectivity index (χ0) is 20.8. The summed E-state index contributed by atoms with van der Waals surface area (Å²) < 4.78 is 5.72. The lowest BCUT2D eigenvalue weighted by molar-refractivity contribution is 0.182. The number of nitrogens with zero attached hydrogens (tertiary/aromatic N) is 4. The Morgan fingerprint density at radius 3 is 2.67 bits per heavy atom. The average molecular weight is 403 g/mol. The molecule has 1 aromatic carbocycles. The van der Waals surface area contributed by atoms with Crippen LogP contribution >= 0.6 is 0 Å². The standard InChI is InChI=1S/C23H25N5O2/c1-17-13-22(26-16-25-17)30-21-6-4-20(5-7-21)27-23(29)28-11-8-18(9-12-28)14-19-3-2-10-24-15-19/h2-7,10,13,15-16,18H,8-9,11-12,14H2,1H3,(H,27,29). The summed E-state index contributed by atoms with van der Waals surface area (Å²) in [6.07, 6.45) is 8.24. The molecule has 1 fully saturated rings. The first-order valence-electron chi connectivity index (χ1n) is 10.2. The Hall–Kier alpha value is -3.48. The van der Waals surface area contributed by atoms with Crippen molar-refractivity contribution in [2.75, 3.05) is 18.4 Å². The van der Waals surface area contributed by atoms with Gasteiger partial charge in [0.1, 0.15) is 12.1 Å². The van der Waals surface area contributed by atoms with Crippen LogP contribution in [0.4, 0.5) is 10.5 Å². The zero-order valence-electron chi connectivity index (χ0n) is 17.0. The number of aryl methyl sites for hydroxylation is 1. The number of amides is 2. The number of benzene rings is 1. The van der Waals surface area contributed by atoms with Crippen LogP contribution in [0.15, 0.2) is 61.2 Å². The number of pyridine rings is 1. The minimum atomic E-state index is -0.0603. The molecular weight excluding hydrogens is 378 g/mol. The number of hydrogen-bond donors (Lipinski definition) is 1. The Kier molecular flexibility index (Phi) is 6.17. The summed E-state index contributed by atoms with van der Waals surface area (Å²) in [6.45, 7) is 3.42. The third-order valence-electron chi connectivity index (χ3n) is 5.26.